The average molecular weight is 515 g/mol. The lowest BCUT2D eigenvalue weighted by molar-refractivity contribution is -0.00805. The lowest BCUT2D eigenvalue weighted by Crippen LogP contribution is -2.47. The number of rotatable bonds is 6. The number of hydrogen-bond donors (Lipinski definition) is 1. The quantitative estimate of drug-likeness (QED) is 0.363. The molecule has 1 aliphatic rings. The van der Waals surface area contributed by atoms with Gasteiger partial charge in [0, 0.05) is 38.9 Å². The second-order valence-electron chi connectivity index (χ2n) is 6.57. The normalized spacial score (nSPS) is 16.9. The largest absolute Gasteiger partial charge is 0.493 e. The van der Waals surface area contributed by atoms with Gasteiger partial charge in [-0.3, -0.25) is 9.67 Å². The molecule has 2 heterocycles. The molecule has 0 aliphatic carbocycles. The maximum Gasteiger partial charge on any atom is 0.194 e. The van der Waals surface area contributed by atoms with Crippen molar-refractivity contribution in [2.45, 2.75) is 19.6 Å². The van der Waals surface area contributed by atoms with Crippen molar-refractivity contribution in [2.75, 3.05) is 40.5 Å². The Labute approximate surface area is 189 Å². The van der Waals surface area contributed by atoms with Gasteiger partial charge < -0.3 is 24.4 Å². The fraction of sp³-hybridized carbons (Fsp3) is 0.500. The van der Waals surface area contributed by atoms with Crippen LogP contribution in [0.5, 0.6) is 11.5 Å². The van der Waals surface area contributed by atoms with E-state index in [9.17, 15) is 0 Å². The van der Waals surface area contributed by atoms with Crippen LogP contribution in [0.4, 0.5) is 0 Å². The summed E-state index contributed by atoms with van der Waals surface area (Å²) in [5.41, 5.74) is 2.18. The molecular formula is C20H30IN5O3. The molecule has 3 rings (SSSR count). The number of nitrogens with one attached hydrogen (secondary N) is 1. The van der Waals surface area contributed by atoms with Crippen LogP contribution in [0.15, 0.2) is 35.6 Å². The highest BCUT2D eigenvalue weighted by Gasteiger charge is 2.25. The molecule has 0 amide bonds. The first-order chi connectivity index (χ1) is 13.6. The van der Waals surface area contributed by atoms with E-state index in [1.54, 1.807) is 18.8 Å². The highest BCUT2D eigenvalue weighted by atomic mass is 127. The molecular weight excluding hydrogens is 485 g/mol. The number of hydrogen-bond acceptors (Lipinski definition) is 5. The number of benzene rings is 1. The topological polar surface area (TPSA) is 73.1 Å². The minimum Gasteiger partial charge on any atom is -0.493 e. The van der Waals surface area contributed by atoms with E-state index in [-0.39, 0.29) is 30.1 Å². The zero-order valence-electron chi connectivity index (χ0n) is 17.4. The third-order valence-corrected chi connectivity index (χ3v) is 4.65. The Hall–Kier alpha value is -2.01. The molecule has 0 saturated carbocycles. The first-order valence-corrected chi connectivity index (χ1v) is 9.50. The summed E-state index contributed by atoms with van der Waals surface area (Å²) in [4.78, 5) is 6.67. The predicted molar refractivity (Wildman–Crippen MR) is 123 cm³/mol. The highest BCUT2D eigenvalue weighted by Crippen LogP contribution is 2.28. The van der Waals surface area contributed by atoms with Crippen LogP contribution >= 0.6 is 24.0 Å². The van der Waals surface area contributed by atoms with Gasteiger partial charge in [0.25, 0.3) is 0 Å². The van der Waals surface area contributed by atoms with Crippen LogP contribution < -0.4 is 14.8 Å². The zero-order chi connectivity index (χ0) is 19.9. The number of ether oxygens (including phenoxy) is 3. The molecule has 0 spiro atoms. The molecule has 0 bridgehead atoms. The van der Waals surface area contributed by atoms with Crippen LogP contribution in [0.25, 0.3) is 0 Å². The molecule has 1 aromatic heterocycles. The van der Waals surface area contributed by atoms with E-state index in [1.165, 1.54) is 0 Å². The maximum absolute atomic E-state index is 5.92. The van der Waals surface area contributed by atoms with Gasteiger partial charge in [-0.2, -0.15) is 5.10 Å². The molecule has 1 fully saturated rings. The van der Waals surface area contributed by atoms with Gasteiger partial charge >= 0.3 is 0 Å². The zero-order valence-corrected chi connectivity index (χ0v) is 19.8. The Morgan fingerprint density at radius 2 is 2.21 bits per heavy atom. The third kappa shape index (κ3) is 5.99. The van der Waals surface area contributed by atoms with Gasteiger partial charge in [0.05, 0.1) is 33.1 Å². The lowest BCUT2D eigenvalue weighted by atomic mass is 10.1. The van der Waals surface area contributed by atoms with E-state index in [2.05, 4.69) is 20.3 Å². The van der Waals surface area contributed by atoms with Gasteiger partial charge in [-0.05, 0) is 24.6 Å². The van der Waals surface area contributed by atoms with Crippen molar-refractivity contribution in [3.8, 4) is 11.5 Å². The van der Waals surface area contributed by atoms with Crippen molar-refractivity contribution in [2.24, 2.45) is 12.0 Å². The van der Waals surface area contributed by atoms with Crippen LogP contribution in [-0.2, 0) is 18.3 Å². The smallest absolute Gasteiger partial charge is 0.194 e. The molecule has 1 aliphatic heterocycles. The Balaban J connectivity index is 0.00000300. The number of morpholine rings is 1. The van der Waals surface area contributed by atoms with Crippen molar-refractivity contribution in [3.05, 3.63) is 41.7 Å². The number of guanidine groups is 1. The van der Waals surface area contributed by atoms with E-state index in [4.69, 9.17) is 14.2 Å². The molecule has 2 aromatic rings. The summed E-state index contributed by atoms with van der Waals surface area (Å²) in [6, 6.07) is 5.96. The first kappa shape index (κ1) is 23.3. The van der Waals surface area contributed by atoms with E-state index in [0.717, 1.165) is 41.7 Å². The third-order valence-electron chi connectivity index (χ3n) is 4.65. The summed E-state index contributed by atoms with van der Waals surface area (Å²) in [5, 5.41) is 7.69. The van der Waals surface area contributed by atoms with Gasteiger partial charge in [0.1, 0.15) is 6.10 Å². The maximum atomic E-state index is 5.92. The Bertz CT molecular complexity index is 811. The number of methoxy groups -OCH3 is 1. The van der Waals surface area contributed by atoms with Crippen molar-refractivity contribution in [1.29, 1.82) is 0 Å². The summed E-state index contributed by atoms with van der Waals surface area (Å²) in [6.07, 6.45) is 3.85. The summed E-state index contributed by atoms with van der Waals surface area (Å²) >= 11 is 0. The van der Waals surface area contributed by atoms with Crippen LogP contribution in [0.3, 0.4) is 0 Å². The molecule has 160 valence electrons. The van der Waals surface area contributed by atoms with Gasteiger partial charge in [0.15, 0.2) is 17.5 Å². The Morgan fingerprint density at radius 1 is 1.38 bits per heavy atom. The van der Waals surface area contributed by atoms with Crippen LogP contribution in [0, 0.1) is 0 Å². The standard InChI is InChI=1S/C20H29N5O3.HI/c1-5-27-18-10-15(6-7-17(18)26-4)11-22-20(21-2)25-8-9-28-19(14-25)16-12-23-24(3)13-16;/h6-7,10,12-13,19H,5,8-9,11,14H2,1-4H3,(H,21,22);1H. The molecule has 9 heteroatoms. The molecule has 0 radical (unpaired) electrons. The molecule has 8 nitrogen and oxygen atoms in total. The van der Waals surface area contributed by atoms with Gasteiger partial charge in [-0.1, -0.05) is 6.07 Å². The molecule has 1 aromatic carbocycles. The second-order valence-corrected chi connectivity index (χ2v) is 6.57. The van der Waals surface area contributed by atoms with E-state index >= 15 is 0 Å². The Morgan fingerprint density at radius 3 is 2.86 bits per heavy atom. The highest BCUT2D eigenvalue weighted by molar-refractivity contribution is 14.0. The molecule has 1 saturated heterocycles. The van der Waals surface area contributed by atoms with Gasteiger partial charge in [0.2, 0.25) is 0 Å². The van der Waals surface area contributed by atoms with E-state index < -0.39 is 0 Å². The number of halogens is 1. The number of aryl methyl sites for hydroxylation is 1. The lowest BCUT2D eigenvalue weighted by Gasteiger charge is -2.34. The number of aliphatic imine (C=N–C) groups is 1. The van der Waals surface area contributed by atoms with E-state index in [1.807, 2.05) is 44.6 Å². The average Bonchev–Trinajstić information content (AvgIpc) is 3.16. The Kier molecular flexibility index (Phi) is 9.02. The number of nitrogens with zero attached hydrogens (tertiary/aromatic N) is 4. The number of aromatic nitrogens is 2. The van der Waals surface area contributed by atoms with Crippen LogP contribution in [0.2, 0.25) is 0 Å². The monoisotopic (exact) mass is 515 g/mol. The van der Waals surface area contributed by atoms with Gasteiger partial charge in [-0.15, -0.1) is 24.0 Å². The minimum absolute atomic E-state index is 0. The van der Waals surface area contributed by atoms with Crippen LogP contribution in [0.1, 0.15) is 24.2 Å². The summed E-state index contributed by atoms with van der Waals surface area (Å²) in [7, 11) is 5.36. The SMILES string of the molecule is CCOc1cc(CNC(=NC)N2CCOC(c3cnn(C)c3)C2)ccc1OC.I. The minimum atomic E-state index is -0.00783. The molecule has 1 unspecified atom stereocenters. The van der Waals surface area contributed by atoms with Crippen molar-refractivity contribution in [1.82, 2.24) is 20.0 Å². The first-order valence-electron chi connectivity index (χ1n) is 9.50. The van der Waals surface area contributed by atoms with Gasteiger partial charge in [-0.25, -0.2) is 0 Å². The fourth-order valence-corrected chi connectivity index (χ4v) is 3.26. The van der Waals surface area contributed by atoms with Crippen molar-refractivity contribution < 1.29 is 14.2 Å². The summed E-state index contributed by atoms with van der Waals surface area (Å²) < 4.78 is 18.7. The second kappa shape index (κ2) is 11.2. The molecule has 29 heavy (non-hydrogen) atoms. The van der Waals surface area contributed by atoms with Crippen molar-refractivity contribution in [3.63, 3.8) is 0 Å². The summed E-state index contributed by atoms with van der Waals surface area (Å²) in [5.74, 6) is 2.34. The molecule has 1 atom stereocenters. The van der Waals surface area contributed by atoms with Crippen molar-refractivity contribution >= 4 is 29.9 Å². The fourth-order valence-electron chi connectivity index (χ4n) is 3.26. The summed E-state index contributed by atoms with van der Waals surface area (Å²) in [6.45, 7) is 5.38. The van der Waals surface area contributed by atoms with E-state index in [0.29, 0.717) is 19.8 Å². The predicted octanol–water partition coefficient (Wildman–Crippen LogP) is 2.59. The van der Waals surface area contributed by atoms with Crippen LogP contribution in [-0.4, -0.2) is 61.1 Å². The molecule has 1 N–H and O–H groups in total.